The minimum absolute atomic E-state index is 0.0155. The smallest absolute Gasteiger partial charge is 0.237 e. The second kappa shape index (κ2) is 10.2. The van der Waals surface area contributed by atoms with Gasteiger partial charge in [0, 0.05) is 39.3 Å². The second-order valence-electron chi connectivity index (χ2n) is 7.17. The number of nitrogens with one attached hydrogen (secondary N) is 1. The van der Waals surface area contributed by atoms with Crippen LogP contribution in [0.5, 0.6) is 0 Å². The van der Waals surface area contributed by atoms with Crippen LogP contribution in [0.25, 0.3) is 6.08 Å². The minimum Gasteiger partial charge on any atom is -0.351 e. The van der Waals surface area contributed by atoms with E-state index >= 15 is 0 Å². The average Bonchev–Trinajstić information content (AvgIpc) is 2.74. The number of carbonyl (C=O) groups excluding carboxylic acids is 1. The Labute approximate surface area is 166 Å². The van der Waals surface area contributed by atoms with Gasteiger partial charge in [0.05, 0.1) is 6.04 Å². The van der Waals surface area contributed by atoms with Crippen LogP contribution in [0.15, 0.2) is 60.7 Å². The minimum atomic E-state index is -0.264. The molecule has 0 aromatic heterocycles. The fraction of sp³-hybridized carbons (Fsp3) is 0.348. The molecule has 0 spiro atoms. The Morgan fingerprint density at radius 1 is 1.07 bits per heavy atom. The standard InChI is InChI=1S/C23H28FN3O/c1-19(23(28)25-18-21-9-11-22(24)12-10-21)27-16-14-26(15-17-27)13-5-8-20-6-3-2-4-7-20/h2-12,19H,13-18H2,1H3,(H,25,28)/b8-5+/t19-/m1/s1. The first-order valence-electron chi connectivity index (χ1n) is 9.82. The number of nitrogens with zero attached hydrogens (tertiary/aromatic N) is 2. The Bertz CT molecular complexity index is 768. The van der Waals surface area contributed by atoms with E-state index in [9.17, 15) is 9.18 Å². The zero-order valence-corrected chi connectivity index (χ0v) is 16.4. The van der Waals surface area contributed by atoms with Crippen LogP contribution in [-0.4, -0.2) is 54.5 Å². The molecule has 3 rings (SSSR count). The number of hydrogen-bond donors (Lipinski definition) is 1. The molecule has 5 heteroatoms. The molecule has 1 heterocycles. The van der Waals surface area contributed by atoms with Crippen molar-refractivity contribution in [2.75, 3.05) is 32.7 Å². The number of hydrogen-bond acceptors (Lipinski definition) is 3. The topological polar surface area (TPSA) is 35.6 Å². The van der Waals surface area contributed by atoms with Crippen molar-refractivity contribution in [1.29, 1.82) is 0 Å². The summed E-state index contributed by atoms with van der Waals surface area (Å²) in [7, 11) is 0. The highest BCUT2D eigenvalue weighted by molar-refractivity contribution is 5.81. The zero-order chi connectivity index (χ0) is 19.8. The van der Waals surface area contributed by atoms with Gasteiger partial charge in [-0.1, -0.05) is 54.6 Å². The Morgan fingerprint density at radius 2 is 1.75 bits per heavy atom. The van der Waals surface area contributed by atoms with Gasteiger partial charge in [0.2, 0.25) is 5.91 Å². The van der Waals surface area contributed by atoms with Crippen LogP contribution in [0.4, 0.5) is 4.39 Å². The number of carbonyl (C=O) groups is 1. The molecule has 4 nitrogen and oxygen atoms in total. The molecule has 0 aliphatic carbocycles. The summed E-state index contributed by atoms with van der Waals surface area (Å²) < 4.78 is 13.0. The van der Waals surface area contributed by atoms with Crippen molar-refractivity contribution in [3.05, 3.63) is 77.6 Å². The van der Waals surface area contributed by atoms with E-state index in [1.54, 1.807) is 12.1 Å². The maximum absolute atomic E-state index is 13.0. The number of rotatable bonds is 7. The molecule has 0 unspecified atom stereocenters. The van der Waals surface area contributed by atoms with Crippen molar-refractivity contribution < 1.29 is 9.18 Å². The molecule has 28 heavy (non-hydrogen) atoms. The van der Waals surface area contributed by atoms with Crippen molar-refractivity contribution in [1.82, 2.24) is 15.1 Å². The van der Waals surface area contributed by atoms with Crippen molar-refractivity contribution in [3.63, 3.8) is 0 Å². The summed E-state index contributed by atoms with van der Waals surface area (Å²) in [6.45, 7) is 6.96. The second-order valence-corrected chi connectivity index (χ2v) is 7.17. The molecular weight excluding hydrogens is 353 g/mol. The van der Waals surface area contributed by atoms with Gasteiger partial charge >= 0.3 is 0 Å². The van der Waals surface area contributed by atoms with E-state index in [1.165, 1.54) is 17.7 Å². The SMILES string of the molecule is C[C@H](C(=O)NCc1ccc(F)cc1)N1CCN(C/C=C/c2ccccc2)CC1. The van der Waals surface area contributed by atoms with Crippen molar-refractivity contribution in [3.8, 4) is 0 Å². The van der Waals surface area contributed by atoms with E-state index < -0.39 is 0 Å². The molecule has 1 fully saturated rings. The van der Waals surface area contributed by atoms with Gasteiger partial charge in [-0.05, 0) is 30.2 Å². The van der Waals surface area contributed by atoms with E-state index in [-0.39, 0.29) is 17.8 Å². The summed E-state index contributed by atoms with van der Waals surface area (Å²) >= 11 is 0. The number of halogens is 1. The molecule has 2 aromatic carbocycles. The van der Waals surface area contributed by atoms with Crippen molar-refractivity contribution in [2.24, 2.45) is 0 Å². The van der Waals surface area contributed by atoms with E-state index in [4.69, 9.17) is 0 Å². The fourth-order valence-corrected chi connectivity index (χ4v) is 3.34. The van der Waals surface area contributed by atoms with Gasteiger partial charge in [0.25, 0.3) is 0 Å². The van der Waals surface area contributed by atoms with Gasteiger partial charge in [0.1, 0.15) is 5.82 Å². The first kappa shape index (κ1) is 20.2. The first-order chi connectivity index (χ1) is 13.6. The van der Waals surface area contributed by atoms with E-state index in [0.29, 0.717) is 6.54 Å². The zero-order valence-electron chi connectivity index (χ0n) is 16.4. The van der Waals surface area contributed by atoms with Crippen molar-refractivity contribution in [2.45, 2.75) is 19.5 Å². The van der Waals surface area contributed by atoms with Gasteiger partial charge in [-0.3, -0.25) is 14.6 Å². The highest BCUT2D eigenvalue weighted by atomic mass is 19.1. The lowest BCUT2D eigenvalue weighted by atomic mass is 10.2. The molecule has 1 N–H and O–H groups in total. The van der Waals surface area contributed by atoms with Crippen LogP contribution in [-0.2, 0) is 11.3 Å². The summed E-state index contributed by atoms with van der Waals surface area (Å²) in [4.78, 5) is 17.1. The fourth-order valence-electron chi connectivity index (χ4n) is 3.34. The number of piperazine rings is 1. The third-order valence-corrected chi connectivity index (χ3v) is 5.19. The van der Waals surface area contributed by atoms with Crippen LogP contribution >= 0.6 is 0 Å². The van der Waals surface area contributed by atoms with Gasteiger partial charge in [-0.25, -0.2) is 4.39 Å². The third-order valence-electron chi connectivity index (χ3n) is 5.19. The Balaban J connectivity index is 1.39. The van der Waals surface area contributed by atoms with Crippen LogP contribution < -0.4 is 5.32 Å². The van der Waals surface area contributed by atoms with Crippen molar-refractivity contribution >= 4 is 12.0 Å². The average molecular weight is 381 g/mol. The highest BCUT2D eigenvalue weighted by Gasteiger charge is 2.24. The maximum atomic E-state index is 13.0. The van der Waals surface area contributed by atoms with Crippen LogP contribution in [0.1, 0.15) is 18.1 Å². The van der Waals surface area contributed by atoms with Gasteiger partial charge in [-0.2, -0.15) is 0 Å². The summed E-state index contributed by atoms with van der Waals surface area (Å²) in [6, 6.07) is 16.4. The molecule has 1 atom stereocenters. The lowest BCUT2D eigenvalue weighted by molar-refractivity contribution is -0.126. The largest absolute Gasteiger partial charge is 0.351 e. The molecule has 1 aliphatic heterocycles. The van der Waals surface area contributed by atoms with Gasteiger partial charge in [0.15, 0.2) is 0 Å². The number of benzene rings is 2. The predicted molar refractivity (Wildman–Crippen MR) is 111 cm³/mol. The lowest BCUT2D eigenvalue weighted by Crippen LogP contribution is -2.53. The maximum Gasteiger partial charge on any atom is 0.237 e. The monoisotopic (exact) mass is 381 g/mol. The molecule has 1 saturated heterocycles. The molecule has 0 saturated carbocycles. The Morgan fingerprint density at radius 3 is 2.43 bits per heavy atom. The van der Waals surface area contributed by atoms with Gasteiger partial charge in [-0.15, -0.1) is 0 Å². The molecule has 1 amide bonds. The van der Waals surface area contributed by atoms with Crippen LogP contribution in [0.2, 0.25) is 0 Å². The summed E-state index contributed by atoms with van der Waals surface area (Å²) in [5.74, 6) is -0.248. The quantitative estimate of drug-likeness (QED) is 0.800. The van der Waals surface area contributed by atoms with Gasteiger partial charge < -0.3 is 5.32 Å². The summed E-state index contributed by atoms with van der Waals surface area (Å²) in [6.07, 6.45) is 4.35. The first-order valence-corrected chi connectivity index (χ1v) is 9.82. The highest BCUT2D eigenvalue weighted by Crippen LogP contribution is 2.09. The Hall–Kier alpha value is -2.50. The number of amides is 1. The third kappa shape index (κ3) is 6.01. The van der Waals surface area contributed by atoms with Crippen LogP contribution in [0, 0.1) is 5.82 Å². The van der Waals surface area contributed by atoms with Crippen LogP contribution in [0.3, 0.4) is 0 Å². The molecular formula is C23H28FN3O. The predicted octanol–water partition coefficient (Wildman–Crippen LogP) is 3.16. The molecule has 1 aliphatic rings. The summed E-state index contributed by atoms with van der Waals surface area (Å²) in [5, 5.41) is 2.95. The molecule has 0 bridgehead atoms. The molecule has 148 valence electrons. The normalized spacial score (nSPS) is 16.9. The molecule has 0 radical (unpaired) electrons. The lowest BCUT2D eigenvalue weighted by Gasteiger charge is -2.37. The van der Waals surface area contributed by atoms with E-state index in [2.05, 4.69) is 39.4 Å². The Kier molecular flexibility index (Phi) is 7.34. The van der Waals surface area contributed by atoms with E-state index in [1.807, 2.05) is 25.1 Å². The van der Waals surface area contributed by atoms with E-state index in [0.717, 1.165) is 38.3 Å². The summed E-state index contributed by atoms with van der Waals surface area (Å²) in [5.41, 5.74) is 2.12. The molecule has 2 aromatic rings.